The molecule has 6 heteroatoms. The van der Waals surface area contributed by atoms with Crippen LogP contribution < -0.4 is 5.73 Å². The van der Waals surface area contributed by atoms with Gasteiger partial charge in [0.2, 0.25) is 0 Å². The Bertz CT molecular complexity index is 169. The van der Waals surface area contributed by atoms with E-state index in [0.717, 1.165) is 0 Å². The summed E-state index contributed by atoms with van der Waals surface area (Å²) in [5.74, 6) is -1.27. The second kappa shape index (κ2) is 5.50. The van der Waals surface area contributed by atoms with Crippen LogP contribution in [0.1, 0.15) is 0 Å². The fourth-order valence-corrected chi connectivity index (χ4v) is 0.428. The zero-order valence-electron chi connectivity index (χ0n) is 7.07. The smallest absolute Gasteiger partial charge is 0.363 e. The van der Waals surface area contributed by atoms with Crippen LogP contribution in [-0.4, -0.2) is 44.2 Å². The first-order valence-corrected chi connectivity index (χ1v) is 3.30. The molecule has 12 heavy (non-hydrogen) atoms. The Hall–Kier alpha value is -1.14. The molecule has 0 radical (unpaired) electrons. The van der Waals surface area contributed by atoms with Crippen LogP contribution in [0.15, 0.2) is 0 Å². The third-order valence-corrected chi connectivity index (χ3v) is 0.802. The average molecular weight is 176 g/mol. The highest BCUT2D eigenvalue weighted by Crippen LogP contribution is 1.83. The number of carbonyl (C=O) groups excluding carboxylic acids is 2. The van der Waals surface area contributed by atoms with Gasteiger partial charge < -0.3 is 15.3 Å². The summed E-state index contributed by atoms with van der Waals surface area (Å²) in [6, 6.07) is 0. The van der Waals surface area contributed by atoms with Gasteiger partial charge in [-0.25, -0.2) is 4.79 Å². The fourth-order valence-electron chi connectivity index (χ4n) is 0.428. The molecule has 0 aliphatic heterocycles. The monoisotopic (exact) mass is 176 g/mol. The second-order valence-electron chi connectivity index (χ2n) is 2.14. The van der Waals surface area contributed by atoms with Gasteiger partial charge in [-0.1, -0.05) is 0 Å². The van der Waals surface area contributed by atoms with Crippen molar-refractivity contribution in [3.8, 4) is 0 Å². The summed E-state index contributed by atoms with van der Waals surface area (Å²) in [5, 5.41) is 1.21. The minimum Gasteiger partial charge on any atom is -0.453 e. The number of hydroxylamine groups is 2. The van der Waals surface area contributed by atoms with Crippen molar-refractivity contribution in [2.45, 2.75) is 0 Å². The SMILES string of the molecule is CN(C)OC(=O)COC(=O)CN. The molecule has 0 aromatic carbocycles. The van der Waals surface area contributed by atoms with Crippen LogP contribution in [0.5, 0.6) is 0 Å². The van der Waals surface area contributed by atoms with E-state index in [1.54, 1.807) is 14.1 Å². The second-order valence-corrected chi connectivity index (χ2v) is 2.14. The molecule has 2 N–H and O–H groups in total. The standard InChI is InChI=1S/C6H12N2O4/c1-8(2)12-6(10)4-11-5(9)3-7/h3-4,7H2,1-2H3. The van der Waals surface area contributed by atoms with E-state index in [1.807, 2.05) is 0 Å². The van der Waals surface area contributed by atoms with Crippen molar-refractivity contribution < 1.29 is 19.2 Å². The quantitative estimate of drug-likeness (QED) is 0.415. The highest BCUT2D eigenvalue weighted by atomic mass is 16.7. The van der Waals surface area contributed by atoms with Crippen LogP contribution in [0, 0.1) is 0 Å². The lowest BCUT2D eigenvalue weighted by atomic mass is 10.6. The van der Waals surface area contributed by atoms with Gasteiger partial charge in [0, 0.05) is 14.1 Å². The highest BCUT2D eigenvalue weighted by molar-refractivity contribution is 5.77. The van der Waals surface area contributed by atoms with Crippen LogP contribution in [0.3, 0.4) is 0 Å². The predicted octanol–water partition coefficient (Wildman–Crippen LogP) is -1.49. The number of hydrogen-bond donors (Lipinski definition) is 1. The van der Waals surface area contributed by atoms with E-state index in [9.17, 15) is 9.59 Å². The van der Waals surface area contributed by atoms with Gasteiger partial charge in [0.15, 0.2) is 6.61 Å². The van der Waals surface area contributed by atoms with Crippen LogP contribution in [-0.2, 0) is 19.2 Å². The van der Waals surface area contributed by atoms with E-state index in [2.05, 4.69) is 9.57 Å². The van der Waals surface area contributed by atoms with Gasteiger partial charge in [-0.15, -0.1) is 5.06 Å². The first kappa shape index (κ1) is 10.9. The molecule has 0 aromatic rings. The van der Waals surface area contributed by atoms with E-state index in [-0.39, 0.29) is 6.54 Å². The zero-order chi connectivity index (χ0) is 9.56. The Kier molecular flexibility index (Phi) is 4.98. The molecule has 0 aromatic heterocycles. The molecule has 0 heterocycles. The first-order valence-electron chi connectivity index (χ1n) is 3.30. The molecule has 0 saturated carbocycles. The van der Waals surface area contributed by atoms with Gasteiger partial charge in [-0.05, 0) is 0 Å². The third kappa shape index (κ3) is 5.63. The number of nitrogens with zero attached hydrogens (tertiary/aromatic N) is 1. The number of hydrogen-bond acceptors (Lipinski definition) is 6. The normalized spacial score (nSPS) is 9.67. The summed E-state index contributed by atoms with van der Waals surface area (Å²) in [6.07, 6.45) is 0. The van der Waals surface area contributed by atoms with Crippen molar-refractivity contribution in [3.05, 3.63) is 0 Å². The number of esters is 1. The van der Waals surface area contributed by atoms with Gasteiger partial charge in [-0.2, -0.15) is 0 Å². The average Bonchev–Trinajstić information content (AvgIpc) is 1.99. The minimum atomic E-state index is -0.637. The Morgan fingerprint density at radius 2 is 1.92 bits per heavy atom. The number of rotatable bonds is 4. The molecular weight excluding hydrogens is 164 g/mol. The molecule has 6 nitrogen and oxygen atoms in total. The van der Waals surface area contributed by atoms with Crippen molar-refractivity contribution in [2.75, 3.05) is 27.2 Å². The van der Waals surface area contributed by atoms with E-state index < -0.39 is 18.5 Å². The summed E-state index contributed by atoms with van der Waals surface area (Å²) >= 11 is 0. The topological polar surface area (TPSA) is 81.9 Å². The van der Waals surface area contributed by atoms with E-state index in [0.29, 0.717) is 0 Å². The molecule has 0 aliphatic rings. The maximum Gasteiger partial charge on any atom is 0.363 e. The lowest BCUT2D eigenvalue weighted by molar-refractivity contribution is -0.185. The van der Waals surface area contributed by atoms with Gasteiger partial charge >= 0.3 is 11.9 Å². The molecule has 0 bridgehead atoms. The first-order chi connectivity index (χ1) is 5.56. The molecule has 0 rings (SSSR count). The summed E-state index contributed by atoms with van der Waals surface area (Å²) in [4.78, 5) is 25.6. The Morgan fingerprint density at radius 3 is 2.33 bits per heavy atom. The Labute approximate surface area is 70.2 Å². The van der Waals surface area contributed by atoms with Crippen LogP contribution >= 0.6 is 0 Å². The van der Waals surface area contributed by atoms with Gasteiger partial charge in [0.25, 0.3) is 0 Å². The number of nitrogens with two attached hydrogens (primary N) is 1. The minimum absolute atomic E-state index is 0.241. The zero-order valence-corrected chi connectivity index (χ0v) is 7.07. The van der Waals surface area contributed by atoms with Crippen LogP contribution in [0.4, 0.5) is 0 Å². The number of ether oxygens (including phenoxy) is 1. The van der Waals surface area contributed by atoms with Crippen molar-refractivity contribution >= 4 is 11.9 Å². The fraction of sp³-hybridized carbons (Fsp3) is 0.667. The van der Waals surface area contributed by atoms with Crippen molar-refractivity contribution in [1.82, 2.24) is 5.06 Å². The molecule has 0 fully saturated rings. The van der Waals surface area contributed by atoms with E-state index in [1.165, 1.54) is 5.06 Å². The highest BCUT2D eigenvalue weighted by Gasteiger charge is 2.07. The largest absolute Gasteiger partial charge is 0.453 e. The molecule has 70 valence electrons. The molecule has 0 saturated heterocycles. The molecule has 0 aliphatic carbocycles. The Morgan fingerprint density at radius 1 is 1.33 bits per heavy atom. The Balaban J connectivity index is 3.51. The van der Waals surface area contributed by atoms with E-state index >= 15 is 0 Å². The summed E-state index contributed by atoms with van der Waals surface area (Å²) in [7, 11) is 3.09. The maximum atomic E-state index is 10.7. The van der Waals surface area contributed by atoms with Gasteiger partial charge in [0.05, 0.1) is 6.54 Å². The van der Waals surface area contributed by atoms with Crippen LogP contribution in [0.2, 0.25) is 0 Å². The van der Waals surface area contributed by atoms with E-state index in [4.69, 9.17) is 5.73 Å². The van der Waals surface area contributed by atoms with Gasteiger partial charge in [-0.3, -0.25) is 4.79 Å². The molecule has 0 atom stereocenters. The molecule has 0 unspecified atom stereocenters. The molecule has 0 amide bonds. The maximum absolute atomic E-state index is 10.7. The summed E-state index contributed by atoms with van der Waals surface area (Å²) in [5.41, 5.74) is 4.92. The summed E-state index contributed by atoms with van der Waals surface area (Å²) < 4.78 is 4.39. The number of carbonyl (C=O) groups is 2. The van der Waals surface area contributed by atoms with Crippen molar-refractivity contribution in [3.63, 3.8) is 0 Å². The molecular formula is C6H12N2O4. The van der Waals surface area contributed by atoms with Gasteiger partial charge in [0.1, 0.15) is 0 Å². The molecule has 0 spiro atoms. The van der Waals surface area contributed by atoms with Crippen LogP contribution in [0.25, 0.3) is 0 Å². The predicted molar refractivity (Wildman–Crippen MR) is 39.8 cm³/mol. The lowest BCUT2D eigenvalue weighted by Crippen LogP contribution is -2.25. The third-order valence-electron chi connectivity index (χ3n) is 0.802. The van der Waals surface area contributed by atoms with Crippen molar-refractivity contribution in [2.24, 2.45) is 5.73 Å². The lowest BCUT2D eigenvalue weighted by Gasteiger charge is -2.09. The summed E-state index contributed by atoms with van der Waals surface area (Å²) in [6.45, 7) is -0.649. The van der Waals surface area contributed by atoms with Crippen molar-refractivity contribution in [1.29, 1.82) is 0 Å².